The lowest BCUT2D eigenvalue weighted by Gasteiger charge is -2.29. The summed E-state index contributed by atoms with van der Waals surface area (Å²) in [5.74, 6) is 4.67. The van der Waals surface area contributed by atoms with E-state index in [0.717, 1.165) is 66.8 Å². The third-order valence-corrected chi connectivity index (χ3v) is 12.8. The van der Waals surface area contributed by atoms with Gasteiger partial charge in [0.2, 0.25) is 0 Å². The Labute approximate surface area is 414 Å². The lowest BCUT2D eigenvalue weighted by Crippen LogP contribution is -2.28. The fourth-order valence-electron chi connectivity index (χ4n) is 8.27. The van der Waals surface area contributed by atoms with Gasteiger partial charge in [-0.15, -0.1) is 6.42 Å². The summed E-state index contributed by atoms with van der Waals surface area (Å²) in [6, 6.07) is 17.6. The van der Waals surface area contributed by atoms with Gasteiger partial charge in [0.1, 0.15) is 29.6 Å². The van der Waals surface area contributed by atoms with Gasteiger partial charge >= 0.3 is 0 Å². The zero-order valence-corrected chi connectivity index (χ0v) is 45.1. The molecule has 10 heteroatoms. The third-order valence-electron chi connectivity index (χ3n) is 12.8. The molecule has 372 valence electrons. The van der Waals surface area contributed by atoms with Gasteiger partial charge in [0.25, 0.3) is 17.7 Å². The number of amides is 3. The highest BCUT2D eigenvalue weighted by Gasteiger charge is 2.30. The van der Waals surface area contributed by atoms with Crippen LogP contribution in [0.15, 0.2) is 48.5 Å². The van der Waals surface area contributed by atoms with E-state index in [0.29, 0.717) is 48.7 Å². The highest BCUT2D eigenvalue weighted by atomic mass is 16.5. The highest BCUT2D eigenvalue weighted by Crippen LogP contribution is 2.44. The molecule has 0 radical (unpaired) electrons. The van der Waals surface area contributed by atoms with Gasteiger partial charge in [-0.1, -0.05) is 138 Å². The van der Waals surface area contributed by atoms with E-state index in [4.69, 9.17) is 25.4 Å². The van der Waals surface area contributed by atoms with Crippen molar-refractivity contribution >= 4 is 17.7 Å². The number of hydrogen-bond acceptors (Lipinski definition) is 7. The number of nitrogens with zero attached hydrogens (tertiary/aromatic N) is 3. The second-order valence-corrected chi connectivity index (χ2v) is 23.4. The van der Waals surface area contributed by atoms with Crippen molar-refractivity contribution in [3.05, 3.63) is 115 Å². The number of carbonyl (C=O) groups excluding carboxylic acids is 3. The Bertz CT molecular complexity index is 2460. The highest BCUT2D eigenvalue weighted by molar-refractivity contribution is 5.78. The number of carbonyl (C=O) groups is 3. The van der Waals surface area contributed by atoms with E-state index in [-0.39, 0.29) is 65.8 Å². The first-order valence-corrected chi connectivity index (χ1v) is 24.1. The van der Waals surface area contributed by atoms with Gasteiger partial charge in [-0.25, -0.2) is 0 Å². The van der Waals surface area contributed by atoms with Gasteiger partial charge in [0.15, 0.2) is 19.8 Å². The predicted molar refractivity (Wildman–Crippen MR) is 279 cm³/mol. The minimum Gasteiger partial charge on any atom is -0.483 e. The first-order chi connectivity index (χ1) is 31.9. The largest absolute Gasteiger partial charge is 0.483 e. The molecule has 69 heavy (non-hydrogen) atoms. The van der Waals surface area contributed by atoms with Gasteiger partial charge in [0.05, 0.1) is 0 Å². The molecule has 4 aromatic carbocycles. The van der Waals surface area contributed by atoms with E-state index in [1.54, 1.807) is 42.3 Å². The average Bonchev–Trinajstić information content (AvgIpc) is 3.22. The molecule has 3 amide bonds. The predicted octanol–water partition coefficient (Wildman–Crippen LogP) is 9.97. The van der Waals surface area contributed by atoms with Crippen molar-refractivity contribution in [1.82, 2.24) is 14.7 Å². The van der Waals surface area contributed by atoms with Crippen LogP contribution in [0.3, 0.4) is 0 Å². The Morgan fingerprint density at radius 3 is 0.754 bits per heavy atom. The Morgan fingerprint density at radius 1 is 0.406 bits per heavy atom. The van der Waals surface area contributed by atoms with E-state index in [1.165, 1.54) is 14.7 Å². The van der Waals surface area contributed by atoms with Crippen molar-refractivity contribution in [1.29, 1.82) is 0 Å². The number of hydrogen-bond donors (Lipinski definition) is 0. The second-order valence-electron chi connectivity index (χ2n) is 23.4. The Morgan fingerprint density at radius 2 is 0.594 bits per heavy atom. The fourth-order valence-corrected chi connectivity index (χ4v) is 8.27. The van der Waals surface area contributed by atoms with E-state index in [1.807, 2.05) is 0 Å². The SMILES string of the molecule is C#CCOc1c2cc(C(C)(C)C)cc1Cc1cc(C(C)(C)C)cc(c1OCC(=O)N(C)C)Cc1cc(C(C)(C)C)cc(c1OCC(=O)N(C)C)Cc1cc(C(C)(C)C)cc(c1OCC(=O)N(C)C)C2. The summed E-state index contributed by atoms with van der Waals surface area (Å²) in [7, 11) is 10.3. The van der Waals surface area contributed by atoms with E-state index >= 15 is 0 Å². The molecule has 8 bridgehead atoms. The molecule has 0 saturated heterocycles. The van der Waals surface area contributed by atoms with Gasteiger partial charge in [-0.05, 0) is 88.4 Å². The van der Waals surface area contributed by atoms with Crippen molar-refractivity contribution in [2.24, 2.45) is 0 Å². The van der Waals surface area contributed by atoms with Gasteiger partial charge in [-0.2, -0.15) is 0 Å². The van der Waals surface area contributed by atoms with Crippen molar-refractivity contribution in [2.75, 3.05) is 68.7 Å². The standard InChI is InChI=1S/C59H79N3O7/c1-20-21-66-52-37-22-39-28-46(57(5,6)7)30-41(53(39)67-34-49(63)60(14)15)24-43-32-48(59(11,12)13)33-44(55(43)69-36-51(65)62(18)19)25-42-31-47(58(8,9)10)29-40(54(42)68-35-50(64)61(16)17)23-38(52)27-45(26-37)56(2,3)4/h1,26-33H,21-25,34-36H2,2-19H3. The summed E-state index contributed by atoms with van der Waals surface area (Å²) in [5.41, 5.74) is 10.3. The lowest BCUT2D eigenvalue weighted by molar-refractivity contribution is -0.131. The molecule has 0 N–H and O–H groups in total. The quantitative estimate of drug-likeness (QED) is 0.122. The molecule has 10 nitrogen and oxygen atoms in total. The first-order valence-electron chi connectivity index (χ1n) is 24.1. The maximum atomic E-state index is 13.4. The molecular formula is C59H79N3O7. The zero-order valence-electron chi connectivity index (χ0n) is 45.1. The molecule has 0 aromatic heterocycles. The van der Waals surface area contributed by atoms with Crippen LogP contribution >= 0.6 is 0 Å². The van der Waals surface area contributed by atoms with Crippen LogP contribution in [0.2, 0.25) is 0 Å². The summed E-state index contributed by atoms with van der Waals surface area (Å²) in [4.78, 5) is 44.9. The molecule has 1 aliphatic carbocycles. The van der Waals surface area contributed by atoms with Gasteiger partial charge in [0, 0.05) is 68.0 Å². The molecule has 0 spiro atoms. The van der Waals surface area contributed by atoms with Crippen molar-refractivity contribution < 1.29 is 33.3 Å². The molecule has 0 unspecified atom stereocenters. The minimum absolute atomic E-state index is 0.0423. The van der Waals surface area contributed by atoms with Crippen molar-refractivity contribution in [2.45, 2.75) is 130 Å². The van der Waals surface area contributed by atoms with E-state index in [2.05, 4.69) is 138 Å². The zero-order chi connectivity index (χ0) is 51.6. The summed E-state index contributed by atoms with van der Waals surface area (Å²) >= 11 is 0. The van der Waals surface area contributed by atoms with Crippen LogP contribution in [0, 0.1) is 12.3 Å². The number of terminal acetylenes is 1. The number of likely N-dealkylation sites (N-methyl/N-ethyl adjacent to an activating group) is 3. The van der Waals surface area contributed by atoms with Crippen LogP contribution < -0.4 is 18.9 Å². The molecule has 0 aliphatic heterocycles. The van der Waals surface area contributed by atoms with Crippen LogP contribution in [0.4, 0.5) is 0 Å². The fraction of sp³-hybridized carbons (Fsp3) is 0.508. The second kappa shape index (κ2) is 21.0. The molecule has 0 fully saturated rings. The summed E-state index contributed by atoms with van der Waals surface area (Å²) < 4.78 is 27.0. The first kappa shape index (κ1) is 54.0. The number of ether oxygens (including phenoxy) is 4. The average molecular weight is 942 g/mol. The summed E-state index contributed by atoms with van der Waals surface area (Å²) in [6.07, 6.45) is 7.45. The van der Waals surface area contributed by atoms with Crippen molar-refractivity contribution in [3.8, 4) is 35.3 Å². The minimum atomic E-state index is -0.295. The van der Waals surface area contributed by atoms with Gasteiger partial charge < -0.3 is 33.6 Å². The van der Waals surface area contributed by atoms with E-state index in [9.17, 15) is 14.4 Å². The van der Waals surface area contributed by atoms with Crippen LogP contribution in [0.25, 0.3) is 0 Å². The molecule has 0 saturated carbocycles. The summed E-state index contributed by atoms with van der Waals surface area (Å²) in [6.45, 7) is 25.9. The molecular weight excluding hydrogens is 863 g/mol. The summed E-state index contributed by atoms with van der Waals surface area (Å²) in [5, 5.41) is 0. The maximum absolute atomic E-state index is 13.4. The lowest BCUT2D eigenvalue weighted by atomic mass is 9.79. The Kier molecular flexibility index (Phi) is 16.4. The normalized spacial score (nSPS) is 12.9. The van der Waals surface area contributed by atoms with E-state index < -0.39 is 0 Å². The Hall–Kier alpha value is -5.95. The molecule has 5 rings (SSSR count). The molecule has 1 aliphatic rings. The smallest absolute Gasteiger partial charge is 0.259 e. The van der Waals surface area contributed by atoms with Crippen LogP contribution in [-0.4, -0.2) is 101 Å². The number of benzene rings is 4. The number of rotatable bonds is 11. The molecule has 0 heterocycles. The Balaban J connectivity index is 2.05. The molecule has 4 aromatic rings. The van der Waals surface area contributed by atoms with Crippen LogP contribution in [-0.2, 0) is 61.7 Å². The van der Waals surface area contributed by atoms with Crippen LogP contribution in [0.1, 0.15) is 150 Å². The van der Waals surface area contributed by atoms with Crippen molar-refractivity contribution in [3.63, 3.8) is 0 Å². The van der Waals surface area contributed by atoms with Crippen LogP contribution in [0.5, 0.6) is 23.0 Å². The molecule has 0 atom stereocenters. The number of fused-ring (bicyclic) bond motifs is 8. The monoisotopic (exact) mass is 942 g/mol. The van der Waals surface area contributed by atoms with Gasteiger partial charge in [-0.3, -0.25) is 14.4 Å². The third kappa shape index (κ3) is 13.4. The maximum Gasteiger partial charge on any atom is 0.259 e. The topological polar surface area (TPSA) is 97.8 Å².